The van der Waals surface area contributed by atoms with E-state index in [9.17, 15) is 33.0 Å². The highest BCUT2D eigenvalue weighted by Gasteiger charge is 2.57. The second-order valence-corrected chi connectivity index (χ2v) is 5.75. The zero-order chi connectivity index (χ0) is 19.5. The molecular weight excluding hydrogens is 359 g/mol. The van der Waals surface area contributed by atoms with Gasteiger partial charge in [0.05, 0.1) is 12.6 Å². The fourth-order valence-electron chi connectivity index (χ4n) is 2.81. The van der Waals surface area contributed by atoms with E-state index in [1.54, 1.807) is 11.4 Å². The van der Waals surface area contributed by atoms with Crippen LogP contribution in [0.4, 0.5) is 13.2 Å². The standard InChI is InChI=1S/C16H18F3NO6/c1-25-12-7-10(20-14(23)16(17,18)19)15(24,11(8-21)26-12)13(22)9-5-3-2-4-6-9/h2-6,10-12,21,24H,7-8H2,1H3,(H,20,23)/t10-,11+,12-,15-/m0/s1. The molecule has 1 aromatic rings. The number of hydrogen-bond acceptors (Lipinski definition) is 6. The van der Waals surface area contributed by atoms with E-state index < -0.39 is 54.9 Å². The van der Waals surface area contributed by atoms with Crippen molar-refractivity contribution >= 4 is 11.7 Å². The highest BCUT2D eigenvalue weighted by Crippen LogP contribution is 2.33. The Labute approximate surface area is 146 Å². The van der Waals surface area contributed by atoms with Crippen LogP contribution in [-0.4, -0.2) is 65.8 Å². The Bertz CT molecular complexity index is 653. The predicted molar refractivity (Wildman–Crippen MR) is 81.1 cm³/mol. The number of alkyl halides is 3. The summed E-state index contributed by atoms with van der Waals surface area (Å²) in [6.45, 7) is -0.882. The second-order valence-electron chi connectivity index (χ2n) is 5.75. The number of hydrogen-bond donors (Lipinski definition) is 3. The van der Waals surface area contributed by atoms with Crippen LogP contribution in [-0.2, 0) is 14.3 Å². The molecule has 1 heterocycles. The van der Waals surface area contributed by atoms with Crippen LogP contribution < -0.4 is 5.32 Å². The highest BCUT2D eigenvalue weighted by atomic mass is 19.4. The third-order valence-corrected chi connectivity index (χ3v) is 4.16. The van der Waals surface area contributed by atoms with Crippen molar-refractivity contribution in [3.8, 4) is 0 Å². The Kier molecular flexibility index (Phi) is 6.02. The maximum atomic E-state index is 12.8. The van der Waals surface area contributed by atoms with E-state index in [2.05, 4.69) is 0 Å². The molecule has 0 spiro atoms. The molecule has 2 rings (SSSR count). The van der Waals surface area contributed by atoms with Gasteiger partial charge in [-0.05, 0) is 0 Å². The number of methoxy groups -OCH3 is 1. The molecule has 0 radical (unpaired) electrons. The number of ether oxygens (including phenoxy) is 2. The van der Waals surface area contributed by atoms with Gasteiger partial charge in [-0.3, -0.25) is 9.59 Å². The Hall–Kier alpha value is -2.01. The molecule has 0 unspecified atom stereocenters. The van der Waals surface area contributed by atoms with Crippen molar-refractivity contribution in [1.29, 1.82) is 0 Å². The summed E-state index contributed by atoms with van der Waals surface area (Å²) >= 11 is 0. The first-order chi connectivity index (χ1) is 12.1. The lowest BCUT2D eigenvalue weighted by Gasteiger charge is -2.46. The lowest BCUT2D eigenvalue weighted by atomic mass is 9.78. The summed E-state index contributed by atoms with van der Waals surface area (Å²) in [7, 11) is 1.20. The van der Waals surface area contributed by atoms with Crippen LogP contribution in [0.1, 0.15) is 16.8 Å². The minimum atomic E-state index is -5.22. The number of Topliss-reactive ketones (excluding diaryl/α,β-unsaturated/α-hetero) is 1. The lowest BCUT2D eigenvalue weighted by Crippen LogP contribution is -2.70. The van der Waals surface area contributed by atoms with Gasteiger partial charge in [-0.2, -0.15) is 13.2 Å². The quantitative estimate of drug-likeness (QED) is 0.642. The van der Waals surface area contributed by atoms with Gasteiger partial charge in [0, 0.05) is 19.1 Å². The van der Waals surface area contributed by atoms with E-state index >= 15 is 0 Å². The van der Waals surface area contributed by atoms with Crippen LogP contribution in [0.3, 0.4) is 0 Å². The zero-order valence-corrected chi connectivity index (χ0v) is 13.7. The molecule has 0 bridgehead atoms. The van der Waals surface area contributed by atoms with Crippen LogP contribution >= 0.6 is 0 Å². The molecule has 1 fully saturated rings. The van der Waals surface area contributed by atoms with Gasteiger partial charge in [0.1, 0.15) is 6.10 Å². The number of ketones is 1. The largest absolute Gasteiger partial charge is 0.471 e. The fourth-order valence-corrected chi connectivity index (χ4v) is 2.81. The van der Waals surface area contributed by atoms with Gasteiger partial charge in [-0.25, -0.2) is 0 Å². The van der Waals surface area contributed by atoms with Crippen molar-refractivity contribution in [2.24, 2.45) is 0 Å². The first-order valence-corrected chi connectivity index (χ1v) is 7.63. The average molecular weight is 377 g/mol. The summed E-state index contributed by atoms with van der Waals surface area (Å²) in [4.78, 5) is 24.2. The van der Waals surface area contributed by atoms with Crippen molar-refractivity contribution in [2.45, 2.75) is 36.6 Å². The summed E-state index contributed by atoms with van der Waals surface area (Å²) in [5.74, 6) is -3.31. The second kappa shape index (κ2) is 7.70. The molecule has 144 valence electrons. The van der Waals surface area contributed by atoms with Crippen molar-refractivity contribution in [2.75, 3.05) is 13.7 Å². The van der Waals surface area contributed by atoms with Gasteiger partial charge in [0.15, 0.2) is 17.7 Å². The van der Waals surface area contributed by atoms with E-state index in [-0.39, 0.29) is 5.56 Å². The van der Waals surface area contributed by atoms with Gasteiger partial charge in [-0.1, -0.05) is 30.3 Å². The monoisotopic (exact) mass is 377 g/mol. The van der Waals surface area contributed by atoms with Gasteiger partial charge in [0.2, 0.25) is 0 Å². The van der Waals surface area contributed by atoms with Crippen molar-refractivity contribution in [3.05, 3.63) is 35.9 Å². The third-order valence-electron chi connectivity index (χ3n) is 4.16. The molecule has 4 atom stereocenters. The number of halogens is 3. The Morgan fingerprint density at radius 2 is 1.96 bits per heavy atom. The molecule has 1 saturated heterocycles. The summed E-state index contributed by atoms with van der Waals surface area (Å²) in [6, 6.07) is 5.59. The highest BCUT2D eigenvalue weighted by molar-refractivity contribution is 6.04. The molecule has 1 aliphatic heterocycles. The maximum absolute atomic E-state index is 12.8. The van der Waals surface area contributed by atoms with E-state index in [0.29, 0.717) is 0 Å². The van der Waals surface area contributed by atoms with E-state index in [1.165, 1.54) is 31.4 Å². The number of aliphatic hydroxyl groups is 2. The van der Waals surface area contributed by atoms with E-state index in [0.717, 1.165) is 0 Å². The van der Waals surface area contributed by atoms with Gasteiger partial charge in [-0.15, -0.1) is 0 Å². The van der Waals surface area contributed by atoms with E-state index in [1.807, 2.05) is 0 Å². The number of rotatable bonds is 5. The summed E-state index contributed by atoms with van der Waals surface area (Å²) in [6.07, 6.45) is -8.38. The summed E-state index contributed by atoms with van der Waals surface area (Å²) in [5.41, 5.74) is -2.63. The van der Waals surface area contributed by atoms with Crippen LogP contribution in [0.5, 0.6) is 0 Å². The predicted octanol–water partition coefficient (Wildman–Crippen LogP) is 0.401. The third kappa shape index (κ3) is 3.88. The molecule has 0 aliphatic carbocycles. The summed E-state index contributed by atoms with van der Waals surface area (Å²) in [5, 5.41) is 22.1. The molecule has 1 aromatic carbocycles. The van der Waals surface area contributed by atoms with E-state index in [4.69, 9.17) is 9.47 Å². The van der Waals surface area contributed by atoms with Crippen molar-refractivity contribution < 1.29 is 42.4 Å². The first-order valence-electron chi connectivity index (χ1n) is 7.63. The molecule has 7 nitrogen and oxygen atoms in total. The zero-order valence-electron chi connectivity index (χ0n) is 13.7. The fraction of sp³-hybridized carbons (Fsp3) is 0.500. The topological polar surface area (TPSA) is 105 Å². The number of benzene rings is 1. The molecule has 0 aromatic heterocycles. The van der Waals surface area contributed by atoms with Crippen LogP contribution in [0.25, 0.3) is 0 Å². The molecule has 3 N–H and O–H groups in total. The molecule has 1 aliphatic rings. The molecule has 26 heavy (non-hydrogen) atoms. The Balaban J connectivity index is 2.44. The number of aliphatic hydroxyl groups excluding tert-OH is 1. The minimum absolute atomic E-state index is 0.0147. The smallest absolute Gasteiger partial charge is 0.394 e. The van der Waals surface area contributed by atoms with Crippen molar-refractivity contribution in [1.82, 2.24) is 5.32 Å². The Morgan fingerprint density at radius 1 is 1.35 bits per heavy atom. The molecular formula is C16H18F3NO6. The maximum Gasteiger partial charge on any atom is 0.471 e. The number of nitrogens with one attached hydrogen (secondary N) is 1. The van der Waals surface area contributed by atoms with Crippen LogP contribution in [0.15, 0.2) is 30.3 Å². The molecule has 0 saturated carbocycles. The SMILES string of the molecule is CO[C@@H]1C[C@H](NC(=O)C(F)(F)F)[C@@](O)(C(=O)c2ccccc2)[C@@H](CO)O1. The number of carbonyl (C=O) groups is 2. The normalized spacial score (nSPS) is 29.2. The average Bonchev–Trinajstić information content (AvgIpc) is 2.62. The van der Waals surface area contributed by atoms with Crippen molar-refractivity contribution in [3.63, 3.8) is 0 Å². The van der Waals surface area contributed by atoms with Gasteiger partial charge in [0.25, 0.3) is 0 Å². The number of carbonyl (C=O) groups excluding carboxylic acids is 2. The molecule has 10 heteroatoms. The first kappa shape index (κ1) is 20.3. The molecule has 1 amide bonds. The summed E-state index contributed by atoms with van der Waals surface area (Å²) < 4.78 is 48.1. The van der Waals surface area contributed by atoms with Gasteiger partial charge >= 0.3 is 12.1 Å². The minimum Gasteiger partial charge on any atom is -0.394 e. The van der Waals surface area contributed by atoms with Gasteiger partial charge < -0.3 is 25.0 Å². The lowest BCUT2D eigenvalue weighted by molar-refractivity contribution is -0.249. The van der Waals surface area contributed by atoms with Crippen LogP contribution in [0.2, 0.25) is 0 Å². The Morgan fingerprint density at radius 3 is 2.46 bits per heavy atom. The number of amides is 1. The van der Waals surface area contributed by atoms with Crippen LogP contribution in [0, 0.1) is 0 Å².